The van der Waals surface area contributed by atoms with Crippen molar-refractivity contribution in [2.45, 2.75) is 24.7 Å². The Bertz CT molecular complexity index is 530. The number of nitrogens with two attached hydrogens (primary N) is 1. The monoisotopic (exact) mass is 288 g/mol. The van der Waals surface area contributed by atoms with Crippen LogP contribution < -0.4 is 5.73 Å². The van der Waals surface area contributed by atoms with Gasteiger partial charge in [0.2, 0.25) is 10.0 Å². The topological polar surface area (TPSA) is 92.1 Å². The van der Waals surface area contributed by atoms with Crippen molar-refractivity contribution in [1.29, 1.82) is 0 Å². The second-order valence-corrected chi connectivity index (χ2v) is 7.14. The molecule has 1 aromatic heterocycles. The number of aromatic nitrogens is 2. The van der Waals surface area contributed by atoms with Crippen LogP contribution in [-0.4, -0.2) is 41.0 Å². The van der Waals surface area contributed by atoms with Crippen LogP contribution in [0.25, 0.3) is 0 Å². The number of hydrogen-bond donors (Lipinski definition) is 2. The van der Waals surface area contributed by atoms with Gasteiger partial charge in [0.25, 0.3) is 0 Å². The van der Waals surface area contributed by atoms with Crippen molar-refractivity contribution >= 4 is 27.2 Å². The highest BCUT2D eigenvalue weighted by molar-refractivity contribution is 7.89. The zero-order valence-corrected chi connectivity index (χ0v) is 11.7. The fourth-order valence-electron chi connectivity index (χ4n) is 2.00. The maximum Gasteiger partial charge on any atom is 0.246 e. The van der Waals surface area contributed by atoms with Crippen LogP contribution in [-0.2, 0) is 10.0 Å². The molecule has 0 saturated carbocycles. The van der Waals surface area contributed by atoms with E-state index in [4.69, 9.17) is 18.0 Å². The normalized spacial score (nSPS) is 20.7. The van der Waals surface area contributed by atoms with Gasteiger partial charge in [-0.3, -0.25) is 5.10 Å². The molecule has 1 aliphatic heterocycles. The minimum atomic E-state index is -3.44. The van der Waals surface area contributed by atoms with E-state index in [1.165, 1.54) is 16.7 Å². The molecule has 8 heteroatoms. The third kappa shape index (κ3) is 2.27. The summed E-state index contributed by atoms with van der Waals surface area (Å²) in [4.78, 5) is 0.657. The Balaban J connectivity index is 2.14. The molecule has 18 heavy (non-hydrogen) atoms. The number of thiocarbonyl (C=S) groups is 1. The van der Waals surface area contributed by atoms with E-state index < -0.39 is 10.0 Å². The van der Waals surface area contributed by atoms with Crippen LogP contribution in [0.4, 0.5) is 0 Å². The van der Waals surface area contributed by atoms with Crippen molar-refractivity contribution in [1.82, 2.24) is 14.5 Å². The van der Waals surface area contributed by atoms with Gasteiger partial charge in [-0.15, -0.1) is 0 Å². The molecular formula is C10H16N4O2S2. The third-order valence-electron chi connectivity index (χ3n) is 3.53. The Morgan fingerprint density at radius 1 is 1.56 bits per heavy atom. The molecule has 1 aromatic rings. The van der Waals surface area contributed by atoms with Crippen LogP contribution in [0.5, 0.6) is 0 Å². The van der Waals surface area contributed by atoms with Crippen LogP contribution in [0, 0.1) is 5.41 Å². The lowest BCUT2D eigenvalue weighted by molar-refractivity contribution is 0.244. The first-order valence-electron chi connectivity index (χ1n) is 5.65. The van der Waals surface area contributed by atoms with Gasteiger partial charge in [-0.1, -0.05) is 19.1 Å². The van der Waals surface area contributed by atoms with Crippen LogP contribution in [0.3, 0.4) is 0 Å². The summed E-state index contributed by atoms with van der Waals surface area (Å²) in [6.07, 6.45) is 4.01. The van der Waals surface area contributed by atoms with E-state index in [1.54, 1.807) is 0 Å². The highest BCUT2D eigenvalue weighted by atomic mass is 32.2. The first-order valence-corrected chi connectivity index (χ1v) is 7.50. The van der Waals surface area contributed by atoms with E-state index in [0.717, 1.165) is 0 Å². The van der Waals surface area contributed by atoms with Crippen molar-refractivity contribution in [3.63, 3.8) is 0 Å². The number of rotatable bonds is 3. The molecular weight excluding hydrogens is 272 g/mol. The van der Waals surface area contributed by atoms with Gasteiger partial charge >= 0.3 is 0 Å². The Morgan fingerprint density at radius 2 is 2.17 bits per heavy atom. The molecule has 1 aliphatic rings. The lowest BCUT2D eigenvalue weighted by atomic mass is 9.81. The van der Waals surface area contributed by atoms with Crippen LogP contribution >= 0.6 is 12.2 Å². The second-order valence-electron chi connectivity index (χ2n) is 4.76. The molecule has 0 radical (unpaired) electrons. The van der Waals surface area contributed by atoms with E-state index in [1.807, 2.05) is 6.92 Å². The molecule has 1 saturated heterocycles. The summed E-state index contributed by atoms with van der Waals surface area (Å²) in [5.74, 6) is 0. The van der Waals surface area contributed by atoms with Crippen LogP contribution in [0.2, 0.25) is 0 Å². The molecule has 6 nitrogen and oxygen atoms in total. The average Bonchev–Trinajstić information content (AvgIpc) is 2.83. The molecule has 2 heterocycles. The summed E-state index contributed by atoms with van der Waals surface area (Å²) in [7, 11) is -3.44. The highest BCUT2D eigenvalue weighted by Gasteiger charge is 2.37. The number of aromatic amines is 1. The summed E-state index contributed by atoms with van der Waals surface area (Å²) >= 11 is 5.04. The van der Waals surface area contributed by atoms with E-state index in [9.17, 15) is 8.42 Å². The first-order chi connectivity index (χ1) is 8.36. The largest absolute Gasteiger partial charge is 0.393 e. The third-order valence-corrected chi connectivity index (χ3v) is 5.89. The van der Waals surface area contributed by atoms with E-state index in [2.05, 4.69) is 10.2 Å². The minimum absolute atomic E-state index is 0.196. The predicted octanol–water partition coefficient (Wildman–Crippen LogP) is 0.487. The van der Waals surface area contributed by atoms with E-state index in [-0.39, 0.29) is 10.3 Å². The van der Waals surface area contributed by atoms with Gasteiger partial charge in [0.05, 0.1) is 11.2 Å². The van der Waals surface area contributed by atoms with Gasteiger partial charge in [0, 0.05) is 24.7 Å². The highest BCUT2D eigenvalue weighted by Crippen LogP contribution is 2.33. The number of hydrogen-bond acceptors (Lipinski definition) is 4. The van der Waals surface area contributed by atoms with Gasteiger partial charge in [-0.25, -0.2) is 8.42 Å². The first kappa shape index (κ1) is 13.4. The van der Waals surface area contributed by atoms with E-state index >= 15 is 0 Å². The van der Waals surface area contributed by atoms with Crippen molar-refractivity contribution in [2.75, 3.05) is 13.1 Å². The summed E-state index contributed by atoms with van der Waals surface area (Å²) in [6.45, 7) is 2.85. The standard InChI is InChI=1S/C10H16N4O2S2/c1-10(9(11)17)2-4-14(5-3-10)18(15,16)8-6-12-13-7-8/h6-7H,2-5H2,1H3,(H2,11,17)(H,12,13). The number of H-pyrrole nitrogens is 1. The van der Waals surface area contributed by atoms with Gasteiger partial charge in [-0.05, 0) is 12.8 Å². The smallest absolute Gasteiger partial charge is 0.246 e. The van der Waals surface area contributed by atoms with Gasteiger partial charge in [0.15, 0.2) is 0 Å². The molecule has 0 amide bonds. The average molecular weight is 288 g/mol. The molecule has 1 fully saturated rings. The number of nitrogens with zero attached hydrogens (tertiary/aromatic N) is 2. The lowest BCUT2D eigenvalue weighted by Crippen LogP contribution is -2.46. The zero-order valence-electron chi connectivity index (χ0n) is 10.1. The van der Waals surface area contributed by atoms with Gasteiger partial charge < -0.3 is 5.73 Å². The summed E-state index contributed by atoms with van der Waals surface area (Å²) < 4.78 is 25.9. The Morgan fingerprint density at radius 3 is 2.61 bits per heavy atom. The fraction of sp³-hybridized carbons (Fsp3) is 0.600. The summed E-state index contributed by atoms with van der Waals surface area (Å²) in [6, 6.07) is 0. The molecule has 3 N–H and O–H groups in total. The SMILES string of the molecule is CC1(C(N)=S)CCN(S(=O)(=O)c2cn[nH]c2)CC1. The second kappa shape index (κ2) is 4.60. The molecule has 0 aromatic carbocycles. The molecule has 2 rings (SSSR count). The van der Waals surface area contributed by atoms with Crippen molar-refractivity contribution in [2.24, 2.45) is 11.1 Å². The lowest BCUT2D eigenvalue weighted by Gasteiger charge is -2.37. The van der Waals surface area contributed by atoms with Gasteiger partial charge in [0.1, 0.15) is 4.90 Å². The number of piperidine rings is 1. The predicted molar refractivity (Wildman–Crippen MR) is 71.5 cm³/mol. The van der Waals surface area contributed by atoms with E-state index in [0.29, 0.717) is 30.9 Å². The Hall–Kier alpha value is -0.990. The van der Waals surface area contributed by atoms with Crippen molar-refractivity contribution in [3.05, 3.63) is 12.4 Å². The van der Waals surface area contributed by atoms with Crippen LogP contribution in [0.1, 0.15) is 19.8 Å². The Labute approximate surface area is 112 Å². The zero-order chi connectivity index (χ0) is 13.4. The van der Waals surface area contributed by atoms with Crippen molar-refractivity contribution in [3.8, 4) is 0 Å². The van der Waals surface area contributed by atoms with Crippen molar-refractivity contribution < 1.29 is 8.42 Å². The van der Waals surface area contributed by atoms with Crippen LogP contribution in [0.15, 0.2) is 17.3 Å². The Kier molecular flexibility index (Phi) is 3.43. The molecule has 0 unspecified atom stereocenters. The van der Waals surface area contributed by atoms with Gasteiger partial charge in [-0.2, -0.15) is 9.40 Å². The molecule has 0 atom stereocenters. The quantitative estimate of drug-likeness (QED) is 0.790. The molecule has 0 aliphatic carbocycles. The maximum absolute atomic E-state index is 12.2. The molecule has 100 valence electrons. The molecule has 0 bridgehead atoms. The maximum atomic E-state index is 12.2. The number of sulfonamides is 1. The fourth-order valence-corrected chi connectivity index (χ4v) is 3.55. The molecule has 0 spiro atoms. The summed E-state index contributed by atoms with van der Waals surface area (Å²) in [5, 5.41) is 6.18. The number of nitrogens with one attached hydrogen (secondary N) is 1. The summed E-state index contributed by atoms with van der Waals surface area (Å²) in [5.41, 5.74) is 5.46. The minimum Gasteiger partial charge on any atom is -0.393 e.